The topological polar surface area (TPSA) is 24.7 Å². The van der Waals surface area contributed by atoms with E-state index < -0.39 is 0 Å². The van der Waals surface area contributed by atoms with Crippen LogP contribution in [-0.2, 0) is 6.42 Å². The Morgan fingerprint density at radius 1 is 0.750 bits per heavy atom. The van der Waals surface area contributed by atoms with Crippen LogP contribution in [0.15, 0.2) is 88.1 Å². The van der Waals surface area contributed by atoms with Crippen LogP contribution in [-0.4, -0.2) is 12.4 Å². The maximum absolute atomic E-state index is 4.02. The zero-order chi connectivity index (χ0) is 16.6. The Hall–Kier alpha value is -2.74. The average molecular weight is 314 g/mol. The number of hydrogen-bond donors (Lipinski definition) is 0. The van der Waals surface area contributed by atoms with Crippen molar-refractivity contribution in [1.82, 2.24) is 0 Å². The Balaban J connectivity index is 0.000000175. The smallest absolute Gasteiger partial charge is 0.0901 e. The van der Waals surface area contributed by atoms with Crippen molar-refractivity contribution < 1.29 is 0 Å². The first-order valence-corrected chi connectivity index (χ1v) is 8.51. The summed E-state index contributed by atoms with van der Waals surface area (Å²) in [5, 5.41) is 0. The lowest BCUT2D eigenvalue weighted by Crippen LogP contribution is -1.89. The average Bonchev–Trinajstić information content (AvgIpc) is 3.26. The van der Waals surface area contributed by atoms with Crippen LogP contribution in [0.25, 0.3) is 11.1 Å². The second-order valence-corrected chi connectivity index (χ2v) is 5.79. The number of fused-ring (bicyclic) bond motifs is 1. The molecular formula is C22H22N2. The van der Waals surface area contributed by atoms with Gasteiger partial charge in [0, 0.05) is 12.4 Å². The monoisotopic (exact) mass is 314 g/mol. The van der Waals surface area contributed by atoms with Gasteiger partial charge in [0.2, 0.25) is 0 Å². The van der Waals surface area contributed by atoms with Crippen molar-refractivity contribution in [3.8, 4) is 11.1 Å². The molecule has 24 heavy (non-hydrogen) atoms. The SMILES string of the molecule is C1=NC2=CC=NC2=C1.CCCCc1ccccc1-c1ccccc1. The molecule has 2 heteroatoms. The summed E-state index contributed by atoms with van der Waals surface area (Å²) in [6.07, 6.45) is 11.0. The molecule has 0 aliphatic carbocycles. The van der Waals surface area contributed by atoms with Crippen LogP contribution < -0.4 is 0 Å². The third-order valence-corrected chi connectivity index (χ3v) is 4.06. The van der Waals surface area contributed by atoms with Crippen molar-refractivity contribution in [2.45, 2.75) is 26.2 Å². The minimum Gasteiger partial charge on any atom is -0.254 e. The molecule has 2 aliphatic rings. The molecule has 0 amide bonds. The van der Waals surface area contributed by atoms with E-state index in [0.29, 0.717) is 0 Å². The van der Waals surface area contributed by atoms with Gasteiger partial charge in [0.15, 0.2) is 0 Å². The van der Waals surface area contributed by atoms with Gasteiger partial charge in [-0.2, -0.15) is 0 Å². The van der Waals surface area contributed by atoms with E-state index in [1.165, 1.54) is 36.0 Å². The van der Waals surface area contributed by atoms with Crippen LogP contribution in [0.5, 0.6) is 0 Å². The quantitative estimate of drug-likeness (QED) is 0.700. The second kappa shape index (κ2) is 8.21. The molecule has 0 fully saturated rings. The molecule has 2 nitrogen and oxygen atoms in total. The summed E-state index contributed by atoms with van der Waals surface area (Å²) in [7, 11) is 0. The lowest BCUT2D eigenvalue weighted by Gasteiger charge is -2.08. The summed E-state index contributed by atoms with van der Waals surface area (Å²) in [5.74, 6) is 0. The number of unbranched alkanes of at least 4 members (excludes halogenated alkanes) is 1. The highest BCUT2D eigenvalue weighted by atomic mass is 14.9. The number of nitrogens with zero attached hydrogens (tertiary/aromatic N) is 2. The van der Waals surface area contributed by atoms with Crippen LogP contribution in [0.2, 0.25) is 0 Å². The van der Waals surface area contributed by atoms with E-state index in [4.69, 9.17) is 0 Å². The van der Waals surface area contributed by atoms with E-state index in [9.17, 15) is 0 Å². The Labute approximate surface area is 144 Å². The normalized spacial score (nSPS) is 13.9. The molecule has 0 saturated carbocycles. The first-order valence-electron chi connectivity index (χ1n) is 8.51. The summed E-state index contributed by atoms with van der Waals surface area (Å²) in [5.41, 5.74) is 6.16. The summed E-state index contributed by atoms with van der Waals surface area (Å²) in [6.45, 7) is 2.24. The summed E-state index contributed by atoms with van der Waals surface area (Å²) >= 11 is 0. The molecule has 2 aromatic rings. The van der Waals surface area contributed by atoms with Gasteiger partial charge in [-0.1, -0.05) is 67.9 Å². The van der Waals surface area contributed by atoms with Crippen molar-refractivity contribution in [3.05, 3.63) is 83.7 Å². The van der Waals surface area contributed by atoms with E-state index in [-0.39, 0.29) is 0 Å². The van der Waals surface area contributed by atoms with Crippen molar-refractivity contribution in [1.29, 1.82) is 0 Å². The molecule has 0 spiro atoms. The van der Waals surface area contributed by atoms with E-state index >= 15 is 0 Å². The van der Waals surface area contributed by atoms with E-state index in [1.54, 1.807) is 12.4 Å². The zero-order valence-electron chi connectivity index (χ0n) is 14.0. The highest BCUT2D eigenvalue weighted by Gasteiger charge is 2.07. The third kappa shape index (κ3) is 3.96. The number of allylic oxidation sites excluding steroid dienone is 2. The molecule has 2 heterocycles. The molecule has 0 aromatic heterocycles. The highest BCUT2D eigenvalue weighted by molar-refractivity contribution is 5.88. The van der Waals surface area contributed by atoms with Gasteiger partial charge in [0.25, 0.3) is 0 Å². The van der Waals surface area contributed by atoms with Crippen molar-refractivity contribution >= 4 is 12.4 Å². The van der Waals surface area contributed by atoms with E-state index in [0.717, 1.165) is 11.4 Å². The zero-order valence-corrected chi connectivity index (χ0v) is 14.0. The maximum atomic E-state index is 4.02. The maximum Gasteiger partial charge on any atom is 0.0901 e. The van der Waals surface area contributed by atoms with Crippen LogP contribution in [0, 0.1) is 0 Å². The predicted octanol–water partition coefficient (Wildman–Crippen LogP) is 5.62. The third-order valence-electron chi connectivity index (χ3n) is 4.06. The lowest BCUT2D eigenvalue weighted by atomic mass is 9.96. The fraction of sp³-hybridized carbons (Fsp3) is 0.182. The van der Waals surface area contributed by atoms with Gasteiger partial charge in [-0.3, -0.25) is 9.98 Å². The molecule has 0 atom stereocenters. The largest absolute Gasteiger partial charge is 0.254 e. The molecule has 0 bridgehead atoms. The van der Waals surface area contributed by atoms with Crippen LogP contribution in [0.3, 0.4) is 0 Å². The molecular weight excluding hydrogens is 292 g/mol. The number of hydrogen-bond acceptors (Lipinski definition) is 2. The van der Waals surface area contributed by atoms with Crippen molar-refractivity contribution in [2.24, 2.45) is 9.98 Å². The molecule has 0 N–H and O–H groups in total. The molecule has 2 aromatic carbocycles. The lowest BCUT2D eigenvalue weighted by molar-refractivity contribution is 0.796. The van der Waals surface area contributed by atoms with Gasteiger partial charge in [0.05, 0.1) is 11.4 Å². The first-order chi connectivity index (χ1) is 11.9. The minimum absolute atomic E-state index is 0.991. The van der Waals surface area contributed by atoms with Gasteiger partial charge in [-0.05, 0) is 41.7 Å². The fourth-order valence-corrected chi connectivity index (χ4v) is 2.77. The van der Waals surface area contributed by atoms with Gasteiger partial charge >= 0.3 is 0 Å². The summed E-state index contributed by atoms with van der Waals surface area (Å²) < 4.78 is 0. The van der Waals surface area contributed by atoms with E-state index in [1.807, 2.05) is 12.2 Å². The molecule has 120 valence electrons. The Morgan fingerprint density at radius 2 is 1.38 bits per heavy atom. The number of benzene rings is 2. The second-order valence-electron chi connectivity index (χ2n) is 5.79. The van der Waals surface area contributed by atoms with Crippen molar-refractivity contribution in [2.75, 3.05) is 0 Å². The molecule has 0 saturated heterocycles. The summed E-state index contributed by atoms with van der Waals surface area (Å²) in [4.78, 5) is 8.03. The van der Waals surface area contributed by atoms with Crippen LogP contribution in [0.1, 0.15) is 25.3 Å². The summed E-state index contributed by atoms with van der Waals surface area (Å²) in [6, 6.07) is 19.4. The number of rotatable bonds is 4. The van der Waals surface area contributed by atoms with Crippen molar-refractivity contribution in [3.63, 3.8) is 0 Å². The Morgan fingerprint density at radius 3 is 2.04 bits per heavy atom. The van der Waals surface area contributed by atoms with Crippen LogP contribution >= 0.6 is 0 Å². The Kier molecular flexibility index (Phi) is 5.52. The van der Waals surface area contributed by atoms with Gasteiger partial charge in [0.1, 0.15) is 0 Å². The molecule has 4 rings (SSSR count). The van der Waals surface area contributed by atoms with Crippen LogP contribution in [0.4, 0.5) is 0 Å². The Bertz CT molecular complexity index is 770. The predicted molar refractivity (Wildman–Crippen MR) is 104 cm³/mol. The standard InChI is InChI=1S/C16H18.C6H4N2/c1-2-3-9-14-12-7-8-13-16(14)15-10-5-4-6-11-15;1-3-7-6-2-4-8-5(1)6/h4-8,10-13H,2-3,9H2,1H3;1-4H. The first kappa shape index (κ1) is 16.1. The number of aryl methyl sites for hydroxylation is 1. The van der Waals surface area contributed by atoms with Gasteiger partial charge in [-0.15, -0.1) is 0 Å². The molecule has 0 radical (unpaired) electrons. The van der Waals surface area contributed by atoms with E-state index in [2.05, 4.69) is 71.5 Å². The van der Waals surface area contributed by atoms with Gasteiger partial charge in [-0.25, -0.2) is 0 Å². The van der Waals surface area contributed by atoms with Gasteiger partial charge < -0.3 is 0 Å². The minimum atomic E-state index is 0.991. The number of aliphatic imine (C=N–C) groups is 2. The fourth-order valence-electron chi connectivity index (χ4n) is 2.77. The molecule has 2 aliphatic heterocycles. The highest BCUT2D eigenvalue weighted by Crippen LogP contribution is 2.24. The molecule has 0 unspecified atom stereocenters.